The van der Waals surface area contributed by atoms with Crippen LogP contribution in [-0.2, 0) is 6.54 Å². The van der Waals surface area contributed by atoms with E-state index >= 15 is 0 Å². The van der Waals surface area contributed by atoms with Crippen molar-refractivity contribution in [1.82, 2.24) is 0 Å². The highest BCUT2D eigenvalue weighted by atomic mass is 35.5. The van der Waals surface area contributed by atoms with Gasteiger partial charge in [-0.3, -0.25) is 0 Å². The molecule has 1 aromatic carbocycles. The molecule has 0 aliphatic heterocycles. The maximum absolute atomic E-state index is 6.38. The van der Waals surface area contributed by atoms with Gasteiger partial charge in [0.2, 0.25) is 5.69 Å². The van der Waals surface area contributed by atoms with Crippen molar-refractivity contribution >= 4 is 11.6 Å². The third kappa shape index (κ3) is 4.14. The topological polar surface area (TPSA) is 17.0 Å². The minimum Gasteiger partial charge on any atom is -0.497 e. The van der Waals surface area contributed by atoms with Crippen LogP contribution in [0.5, 0.6) is 5.75 Å². The highest BCUT2D eigenvalue weighted by Crippen LogP contribution is 2.25. The lowest BCUT2D eigenvalue weighted by Gasteiger charge is -2.05. The van der Waals surface area contributed by atoms with E-state index in [0.717, 1.165) is 23.9 Å². The van der Waals surface area contributed by atoms with Crippen LogP contribution in [0, 0.1) is 5.92 Å². The van der Waals surface area contributed by atoms with E-state index in [1.165, 1.54) is 36.8 Å². The van der Waals surface area contributed by atoms with Gasteiger partial charge in [-0.1, -0.05) is 24.4 Å². The van der Waals surface area contributed by atoms with Crippen molar-refractivity contribution in [2.24, 2.45) is 5.92 Å². The average Bonchev–Trinajstić information content (AvgIpc) is 3.22. The minimum atomic E-state index is 0.666. The fraction of sp³-hybridized carbons (Fsp3) is 0.304. The molecule has 0 unspecified atom stereocenters. The van der Waals surface area contributed by atoms with Crippen LogP contribution in [0.4, 0.5) is 0 Å². The summed E-state index contributed by atoms with van der Waals surface area (Å²) in [6.45, 7) is 1.14. The molecule has 3 nitrogen and oxygen atoms in total. The molecule has 0 N–H and O–H groups in total. The van der Waals surface area contributed by atoms with E-state index in [9.17, 15) is 0 Å². The molecular weight excluding hydrogens is 356 g/mol. The van der Waals surface area contributed by atoms with E-state index in [1.807, 2.05) is 35.2 Å². The van der Waals surface area contributed by atoms with Gasteiger partial charge in [-0.15, -0.1) is 0 Å². The summed E-state index contributed by atoms with van der Waals surface area (Å²) in [4.78, 5) is 0. The second-order valence-electron chi connectivity index (χ2n) is 7.25. The number of halogens is 1. The molecule has 4 rings (SSSR count). The Hall–Kier alpha value is -2.39. The Kier molecular flexibility index (Phi) is 5.40. The average molecular weight is 381 g/mol. The zero-order valence-corrected chi connectivity index (χ0v) is 16.4. The lowest BCUT2D eigenvalue weighted by atomic mass is 10.1. The number of methoxy groups -OCH3 is 1. The van der Waals surface area contributed by atoms with Crippen LogP contribution in [0.3, 0.4) is 0 Å². The Labute approximate surface area is 165 Å². The summed E-state index contributed by atoms with van der Waals surface area (Å²) in [5.74, 6) is 1.61. The van der Waals surface area contributed by atoms with Gasteiger partial charge in [-0.2, -0.15) is 4.57 Å². The Bertz CT molecular complexity index is 901. The molecule has 3 aromatic rings. The highest BCUT2D eigenvalue weighted by molar-refractivity contribution is 6.32. The van der Waals surface area contributed by atoms with Crippen LogP contribution in [0.25, 0.3) is 16.8 Å². The van der Waals surface area contributed by atoms with Gasteiger partial charge >= 0.3 is 0 Å². The Morgan fingerprint density at radius 2 is 1.56 bits per heavy atom. The third-order valence-corrected chi connectivity index (χ3v) is 5.73. The normalized spacial score (nSPS) is 14.4. The van der Waals surface area contributed by atoms with Crippen molar-refractivity contribution in [3.8, 4) is 22.6 Å². The molecule has 27 heavy (non-hydrogen) atoms. The maximum atomic E-state index is 6.38. The predicted octanol–water partition coefficient (Wildman–Crippen LogP) is 4.77. The SMILES string of the molecule is COc1ccc(-[n+]2ccc(-c3cc[n+](CC4CCCC4)cc3)cc2)c(Cl)c1. The number of ether oxygens (including phenoxy) is 1. The van der Waals surface area contributed by atoms with Crippen LogP contribution < -0.4 is 13.9 Å². The summed E-state index contributed by atoms with van der Waals surface area (Å²) in [5, 5.41) is 0.666. The van der Waals surface area contributed by atoms with E-state index in [-0.39, 0.29) is 0 Å². The Morgan fingerprint density at radius 3 is 2.15 bits per heavy atom. The lowest BCUT2D eigenvalue weighted by Crippen LogP contribution is -2.35. The zero-order valence-electron chi connectivity index (χ0n) is 15.6. The maximum Gasteiger partial charge on any atom is 0.229 e. The first-order valence-corrected chi connectivity index (χ1v) is 9.95. The van der Waals surface area contributed by atoms with Crippen LogP contribution in [0.2, 0.25) is 5.02 Å². The molecule has 0 saturated heterocycles. The van der Waals surface area contributed by atoms with E-state index in [0.29, 0.717) is 5.02 Å². The number of aromatic nitrogens is 2. The molecule has 0 atom stereocenters. The third-order valence-electron chi connectivity index (χ3n) is 5.43. The second kappa shape index (κ2) is 8.10. The van der Waals surface area contributed by atoms with Gasteiger partial charge in [0.15, 0.2) is 31.3 Å². The molecular formula is C23H25ClN2O+2. The molecule has 0 bridgehead atoms. The number of hydrogen-bond donors (Lipinski definition) is 0. The summed E-state index contributed by atoms with van der Waals surface area (Å²) < 4.78 is 9.56. The standard InChI is InChI=1S/C23H25ClN2O/c1-27-21-6-7-23(22(24)16-21)26-14-10-20(11-15-26)19-8-12-25(13-9-19)17-18-4-2-3-5-18/h6-16,18H,2-5,17H2,1H3/q+2. The number of benzene rings is 1. The Balaban J connectivity index is 1.50. The van der Waals surface area contributed by atoms with Gasteiger partial charge in [-0.05, 0) is 30.0 Å². The number of pyridine rings is 2. The molecule has 2 heterocycles. The summed E-state index contributed by atoms with van der Waals surface area (Å²) in [6, 6.07) is 14.4. The smallest absolute Gasteiger partial charge is 0.229 e. The fourth-order valence-corrected chi connectivity index (χ4v) is 4.13. The fourth-order valence-electron chi connectivity index (χ4n) is 3.87. The molecule has 0 spiro atoms. The van der Waals surface area contributed by atoms with Crippen LogP contribution in [-0.4, -0.2) is 7.11 Å². The van der Waals surface area contributed by atoms with Gasteiger partial charge in [-0.25, -0.2) is 4.57 Å². The van der Waals surface area contributed by atoms with E-state index in [4.69, 9.17) is 16.3 Å². The molecule has 138 valence electrons. The van der Waals surface area contributed by atoms with Crippen molar-refractivity contribution in [2.45, 2.75) is 32.2 Å². The first-order chi connectivity index (χ1) is 13.2. The van der Waals surface area contributed by atoms with E-state index in [2.05, 4.69) is 41.2 Å². The van der Waals surface area contributed by atoms with Crippen molar-refractivity contribution < 1.29 is 13.9 Å². The highest BCUT2D eigenvalue weighted by Gasteiger charge is 2.19. The summed E-state index contributed by atoms with van der Waals surface area (Å²) >= 11 is 6.38. The van der Waals surface area contributed by atoms with Crippen molar-refractivity contribution in [3.63, 3.8) is 0 Å². The zero-order chi connectivity index (χ0) is 18.6. The first kappa shape index (κ1) is 18.0. The van der Waals surface area contributed by atoms with Gasteiger partial charge < -0.3 is 4.74 Å². The van der Waals surface area contributed by atoms with Gasteiger partial charge in [0, 0.05) is 42.3 Å². The minimum absolute atomic E-state index is 0.666. The summed E-state index contributed by atoms with van der Waals surface area (Å²) in [5.41, 5.74) is 3.36. The van der Waals surface area contributed by atoms with Crippen molar-refractivity contribution in [3.05, 3.63) is 72.3 Å². The molecule has 1 saturated carbocycles. The quantitative estimate of drug-likeness (QED) is 0.582. The first-order valence-electron chi connectivity index (χ1n) is 9.57. The largest absolute Gasteiger partial charge is 0.497 e. The molecule has 0 radical (unpaired) electrons. The van der Waals surface area contributed by atoms with Crippen molar-refractivity contribution in [2.75, 3.05) is 7.11 Å². The van der Waals surface area contributed by atoms with Gasteiger partial charge in [0.1, 0.15) is 10.8 Å². The summed E-state index contributed by atoms with van der Waals surface area (Å²) in [7, 11) is 1.64. The number of nitrogens with zero attached hydrogens (tertiary/aromatic N) is 2. The van der Waals surface area contributed by atoms with E-state index < -0.39 is 0 Å². The van der Waals surface area contributed by atoms with Crippen molar-refractivity contribution in [1.29, 1.82) is 0 Å². The number of rotatable bonds is 5. The monoisotopic (exact) mass is 380 g/mol. The summed E-state index contributed by atoms with van der Waals surface area (Å²) in [6.07, 6.45) is 14.0. The molecule has 1 aliphatic rings. The molecule has 2 aromatic heterocycles. The predicted molar refractivity (Wildman–Crippen MR) is 107 cm³/mol. The van der Waals surface area contributed by atoms with Crippen LogP contribution in [0.15, 0.2) is 67.3 Å². The molecule has 1 aliphatic carbocycles. The lowest BCUT2D eigenvalue weighted by molar-refractivity contribution is -0.703. The number of hydrogen-bond acceptors (Lipinski definition) is 1. The van der Waals surface area contributed by atoms with Crippen LogP contribution in [0.1, 0.15) is 25.7 Å². The second-order valence-corrected chi connectivity index (χ2v) is 7.65. The van der Waals surface area contributed by atoms with Gasteiger partial charge in [0.05, 0.1) is 7.11 Å². The molecule has 1 fully saturated rings. The molecule has 4 heteroatoms. The van der Waals surface area contributed by atoms with E-state index in [1.54, 1.807) is 7.11 Å². The Morgan fingerprint density at radius 1 is 0.926 bits per heavy atom. The van der Waals surface area contributed by atoms with Crippen LogP contribution >= 0.6 is 11.6 Å². The molecule has 0 amide bonds. The van der Waals surface area contributed by atoms with Gasteiger partial charge in [0.25, 0.3) is 0 Å².